The lowest BCUT2D eigenvalue weighted by atomic mass is 10.0. The maximum absolute atomic E-state index is 12.1. The molecule has 32 heavy (non-hydrogen) atoms. The smallest absolute Gasteiger partial charge is 0.245 e. The standard InChI is InChI=1S/C25H26N6O/c1-18(32)22-5-3-4-6-23(22)24-12-11-21-17-26-25(28-31(21)24)27-19-7-9-20(10-8-19)30-15-13-29(2)14-16-30/h3-12,17H,13-16H2,1-2H3,(H,27,28). The number of benzene rings is 2. The van der Waals surface area contributed by atoms with E-state index < -0.39 is 0 Å². The van der Waals surface area contributed by atoms with Gasteiger partial charge in [-0.2, -0.15) is 0 Å². The summed E-state index contributed by atoms with van der Waals surface area (Å²) >= 11 is 0. The van der Waals surface area contributed by atoms with Crippen molar-refractivity contribution in [2.45, 2.75) is 6.92 Å². The van der Waals surface area contributed by atoms with E-state index in [-0.39, 0.29) is 5.78 Å². The summed E-state index contributed by atoms with van der Waals surface area (Å²) in [6, 6.07) is 19.9. The number of likely N-dealkylation sites (N-methyl/N-ethyl adjacent to an activating group) is 1. The van der Waals surface area contributed by atoms with Crippen molar-refractivity contribution in [3.05, 3.63) is 72.4 Å². The molecule has 1 N–H and O–H groups in total. The normalized spacial score (nSPS) is 14.6. The molecule has 0 bridgehead atoms. The largest absolute Gasteiger partial charge is 0.369 e. The van der Waals surface area contributed by atoms with Crippen LogP contribution in [0, 0.1) is 0 Å². The quantitative estimate of drug-likeness (QED) is 0.485. The molecule has 1 saturated heterocycles. The molecule has 1 aliphatic rings. The SMILES string of the molecule is CC(=O)c1ccccc1-c1ccc2cnc(Nc3ccc(N4CCN(C)CC4)cc3)nn12. The fraction of sp³-hybridized carbons (Fsp3) is 0.240. The first-order valence-electron chi connectivity index (χ1n) is 10.8. The first-order valence-corrected chi connectivity index (χ1v) is 10.8. The molecule has 7 nitrogen and oxygen atoms in total. The number of carbonyl (C=O) groups excluding carboxylic acids is 1. The number of aromatic nitrogens is 3. The maximum atomic E-state index is 12.1. The number of ketones is 1. The van der Waals surface area contributed by atoms with Crippen LogP contribution in [0.25, 0.3) is 16.8 Å². The van der Waals surface area contributed by atoms with Crippen molar-refractivity contribution in [1.82, 2.24) is 19.5 Å². The van der Waals surface area contributed by atoms with Crippen LogP contribution in [0.2, 0.25) is 0 Å². The summed E-state index contributed by atoms with van der Waals surface area (Å²) in [6.45, 7) is 5.84. The van der Waals surface area contributed by atoms with Gasteiger partial charge in [-0.25, -0.2) is 9.50 Å². The van der Waals surface area contributed by atoms with Crippen molar-refractivity contribution >= 4 is 28.6 Å². The van der Waals surface area contributed by atoms with Crippen LogP contribution in [0.3, 0.4) is 0 Å². The molecule has 0 atom stereocenters. The fourth-order valence-corrected chi connectivity index (χ4v) is 4.13. The van der Waals surface area contributed by atoms with Gasteiger partial charge >= 0.3 is 0 Å². The van der Waals surface area contributed by atoms with Crippen LogP contribution in [0.5, 0.6) is 0 Å². The lowest BCUT2D eigenvalue weighted by Gasteiger charge is -2.34. The molecule has 4 aromatic rings. The van der Waals surface area contributed by atoms with Gasteiger partial charge in [0.25, 0.3) is 0 Å². The molecule has 0 unspecified atom stereocenters. The number of hydrogen-bond donors (Lipinski definition) is 1. The second-order valence-corrected chi connectivity index (χ2v) is 8.20. The Hall–Kier alpha value is -3.71. The molecular formula is C25H26N6O. The van der Waals surface area contributed by atoms with Gasteiger partial charge in [0, 0.05) is 48.7 Å². The second kappa shape index (κ2) is 8.43. The van der Waals surface area contributed by atoms with Crippen molar-refractivity contribution in [3.8, 4) is 11.3 Å². The number of nitrogens with zero attached hydrogens (tertiary/aromatic N) is 5. The van der Waals surface area contributed by atoms with Crippen LogP contribution >= 0.6 is 0 Å². The molecule has 5 rings (SSSR count). The molecule has 0 spiro atoms. The highest BCUT2D eigenvalue weighted by molar-refractivity contribution is 6.00. The van der Waals surface area contributed by atoms with Crippen molar-refractivity contribution in [3.63, 3.8) is 0 Å². The van der Waals surface area contributed by atoms with E-state index >= 15 is 0 Å². The molecule has 1 aliphatic heterocycles. The number of hydrogen-bond acceptors (Lipinski definition) is 6. The Bertz CT molecular complexity index is 1260. The van der Waals surface area contributed by atoms with Crippen molar-refractivity contribution in [2.24, 2.45) is 0 Å². The second-order valence-electron chi connectivity index (χ2n) is 8.20. The van der Waals surface area contributed by atoms with Gasteiger partial charge in [-0.1, -0.05) is 24.3 Å². The first-order chi connectivity index (χ1) is 15.6. The van der Waals surface area contributed by atoms with Crippen LogP contribution in [-0.4, -0.2) is 58.5 Å². The summed E-state index contributed by atoms with van der Waals surface area (Å²) in [5, 5.41) is 8.00. The number of piperazine rings is 1. The predicted molar refractivity (Wildman–Crippen MR) is 128 cm³/mol. The van der Waals surface area contributed by atoms with E-state index in [2.05, 4.69) is 51.4 Å². The Morgan fingerprint density at radius 2 is 1.69 bits per heavy atom. The topological polar surface area (TPSA) is 65.8 Å². The molecule has 162 valence electrons. The highest BCUT2D eigenvalue weighted by Crippen LogP contribution is 2.27. The van der Waals surface area contributed by atoms with Gasteiger partial charge in [0.15, 0.2) is 5.78 Å². The zero-order valence-electron chi connectivity index (χ0n) is 18.3. The zero-order chi connectivity index (χ0) is 22.1. The molecule has 0 radical (unpaired) electrons. The van der Waals surface area contributed by atoms with E-state index in [1.54, 1.807) is 13.1 Å². The van der Waals surface area contributed by atoms with E-state index in [1.165, 1.54) is 5.69 Å². The lowest BCUT2D eigenvalue weighted by molar-refractivity contribution is 0.101. The Balaban J connectivity index is 1.40. The molecule has 3 heterocycles. The monoisotopic (exact) mass is 426 g/mol. The van der Waals surface area contributed by atoms with E-state index in [0.717, 1.165) is 48.6 Å². The molecule has 0 saturated carbocycles. The van der Waals surface area contributed by atoms with Gasteiger partial charge in [-0.3, -0.25) is 4.79 Å². The lowest BCUT2D eigenvalue weighted by Crippen LogP contribution is -2.44. The highest BCUT2D eigenvalue weighted by Gasteiger charge is 2.15. The fourth-order valence-electron chi connectivity index (χ4n) is 4.13. The summed E-state index contributed by atoms with van der Waals surface area (Å²) in [4.78, 5) is 21.3. The van der Waals surface area contributed by atoms with Crippen LogP contribution < -0.4 is 10.2 Å². The average Bonchev–Trinajstić information content (AvgIpc) is 3.23. The molecule has 2 aromatic heterocycles. The summed E-state index contributed by atoms with van der Waals surface area (Å²) < 4.78 is 1.83. The Morgan fingerprint density at radius 1 is 0.938 bits per heavy atom. The number of nitrogens with one attached hydrogen (secondary N) is 1. The molecule has 2 aromatic carbocycles. The summed E-state index contributed by atoms with van der Waals surface area (Å²) in [5.74, 6) is 0.533. The van der Waals surface area contributed by atoms with E-state index in [1.807, 2.05) is 40.9 Å². The summed E-state index contributed by atoms with van der Waals surface area (Å²) in [5.41, 5.74) is 5.44. The number of anilines is 3. The molecule has 0 amide bonds. The number of rotatable bonds is 5. The minimum atomic E-state index is 0.0309. The number of Topliss-reactive ketones (excluding diaryl/α,β-unsaturated/α-hetero) is 1. The third-order valence-electron chi connectivity index (χ3n) is 5.97. The van der Waals surface area contributed by atoms with E-state index in [0.29, 0.717) is 11.5 Å². The van der Waals surface area contributed by atoms with Gasteiger partial charge in [0.2, 0.25) is 5.95 Å². The molecule has 0 aliphatic carbocycles. The van der Waals surface area contributed by atoms with Gasteiger partial charge < -0.3 is 15.1 Å². The van der Waals surface area contributed by atoms with Crippen LogP contribution in [0.4, 0.5) is 17.3 Å². The molecule has 1 fully saturated rings. The number of carbonyl (C=O) groups is 1. The van der Waals surface area contributed by atoms with Crippen LogP contribution in [0.1, 0.15) is 17.3 Å². The Kier molecular flexibility index (Phi) is 5.33. The van der Waals surface area contributed by atoms with Gasteiger partial charge in [-0.15, -0.1) is 5.10 Å². The third kappa shape index (κ3) is 3.94. The average molecular weight is 427 g/mol. The number of fused-ring (bicyclic) bond motifs is 1. The third-order valence-corrected chi connectivity index (χ3v) is 5.97. The van der Waals surface area contributed by atoms with Crippen molar-refractivity contribution in [1.29, 1.82) is 0 Å². The van der Waals surface area contributed by atoms with Crippen LogP contribution in [-0.2, 0) is 0 Å². The van der Waals surface area contributed by atoms with Gasteiger partial charge in [-0.05, 0) is 50.4 Å². The molecule has 7 heteroatoms. The molecular weight excluding hydrogens is 400 g/mol. The van der Waals surface area contributed by atoms with Crippen molar-refractivity contribution in [2.75, 3.05) is 43.4 Å². The van der Waals surface area contributed by atoms with Crippen LogP contribution in [0.15, 0.2) is 66.9 Å². The van der Waals surface area contributed by atoms with Gasteiger partial charge in [0.05, 0.1) is 17.4 Å². The van der Waals surface area contributed by atoms with E-state index in [4.69, 9.17) is 5.10 Å². The van der Waals surface area contributed by atoms with Gasteiger partial charge in [0.1, 0.15) is 0 Å². The maximum Gasteiger partial charge on any atom is 0.245 e. The van der Waals surface area contributed by atoms with Crippen molar-refractivity contribution < 1.29 is 4.79 Å². The highest BCUT2D eigenvalue weighted by atomic mass is 16.1. The van der Waals surface area contributed by atoms with E-state index in [9.17, 15) is 4.79 Å². The summed E-state index contributed by atoms with van der Waals surface area (Å²) in [6.07, 6.45) is 1.79. The zero-order valence-corrected chi connectivity index (χ0v) is 18.3. The minimum Gasteiger partial charge on any atom is -0.369 e. The Labute approximate surface area is 187 Å². The summed E-state index contributed by atoms with van der Waals surface area (Å²) in [7, 11) is 2.16. The Morgan fingerprint density at radius 3 is 2.44 bits per heavy atom. The minimum absolute atomic E-state index is 0.0309. The first kappa shape index (κ1) is 20.2. The predicted octanol–water partition coefficient (Wildman–Crippen LogP) is 4.09.